The molecule has 8 heteroatoms. The predicted molar refractivity (Wildman–Crippen MR) is 103 cm³/mol. The Hall–Kier alpha value is -1.48. The molecule has 1 aliphatic heterocycles. The summed E-state index contributed by atoms with van der Waals surface area (Å²) in [5.74, 6) is -0.640. The molecule has 146 valence electrons. The van der Waals surface area contributed by atoms with Crippen LogP contribution < -0.4 is 5.32 Å². The Kier molecular flexibility index (Phi) is 6.79. The minimum absolute atomic E-state index is 0.0224. The number of aryl methyl sites for hydroxylation is 2. The molecule has 7 nitrogen and oxygen atoms in total. The van der Waals surface area contributed by atoms with Crippen LogP contribution in [0.15, 0.2) is 18.2 Å². The minimum atomic E-state index is -3.29. The molecule has 1 saturated heterocycles. The first kappa shape index (κ1) is 20.8. The van der Waals surface area contributed by atoms with Crippen molar-refractivity contribution < 1.29 is 18.3 Å². The molecule has 2 N–H and O–H groups in total. The third-order valence-corrected chi connectivity index (χ3v) is 6.46. The second-order valence-electron chi connectivity index (χ2n) is 6.86. The van der Waals surface area contributed by atoms with Gasteiger partial charge < -0.3 is 10.4 Å². The van der Waals surface area contributed by atoms with Gasteiger partial charge in [-0.25, -0.2) is 18.4 Å². The Morgan fingerprint density at radius 2 is 1.77 bits per heavy atom. The highest BCUT2D eigenvalue weighted by Crippen LogP contribution is 2.23. The van der Waals surface area contributed by atoms with Crippen LogP contribution in [0, 0.1) is 0 Å². The van der Waals surface area contributed by atoms with Crippen molar-refractivity contribution in [3.8, 4) is 0 Å². The zero-order chi connectivity index (χ0) is 19.5. The number of para-hydroxylation sites is 1. The van der Waals surface area contributed by atoms with Gasteiger partial charge in [0.2, 0.25) is 5.91 Å². The molecule has 1 heterocycles. The highest BCUT2D eigenvalue weighted by molar-refractivity contribution is 7.91. The third kappa shape index (κ3) is 4.82. The maximum absolute atomic E-state index is 12.7. The van der Waals surface area contributed by atoms with Gasteiger partial charge in [-0.15, -0.1) is 0 Å². The summed E-state index contributed by atoms with van der Waals surface area (Å²) in [6, 6.07) is 5.35. The number of rotatable bonds is 7. The fraction of sp³-hybridized carbons (Fsp3) is 0.611. The topological polar surface area (TPSA) is 90.0 Å². The molecular weight excluding hydrogens is 354 g/mol. The van der Waals surface area contributed by atoms with Crippen molar-refractivity contribution in [1.29, 1.82) is 0 Å². The van der Waals surface area contributed by atoms with Gasteiger partial charge in [-0.05, 0) is 24.0 Å². The monoisotopic (exact) mass is 383 g/mol. The molecule has 1 aromatic rings. The van der Waals surface area contributed by atoms with Gasteiger partial charge in [0.15, 0.2) is 9.84 Å². The third-order valence-electron chi connectivity index (χ3n) is 4.76. The molecule has 0 bridgehead atoms. The molecule has 26 heavy (non-hydrogen) atoms. The second kappa shape index (κ2) is 8.47. The summed E-state index contributed by atoms with van der Waals surface area (Å²) in [5, 5.41) is 16.4. The van der Waals surface area contributed by atoms with Crippen molar-refractivity contribution in [1.82, 2.24) is 10.0 Å². The summed E-state index contributed by atoms with van der Waals surface area (Å²) in [7, 11) is 0.188. The number of hydrogen-bond acceptors (Lipinski definition) is 6. The van der Waals surface area contributed by atoms with Crippen molar-refractivity contribution in [2.24, 2.45) is 0 Å². The number of carbonyl (C=O) groups excluding carboxylic acids is 1. The summed E-state index contributed by atoms with van der Waals surface area (Å²) in [4.78, 5) is 12.7. The van der Waals surface area contributed by atoms with Gasteiger partial charge in [0, 0.05) is 19.8 Å². The van der Waals surface area contributed by atoms with Crippen LogP contribution in [-0.2, 0) is 27.5 Å². The quantitative estimate of drug-likeness (QED) is 0.673. The molecule has 2 atom stereocenters. The zero-order valence-corrected chi connectivity index (χ0v) is 16.7. The van der Waals surface area contributed by atoms with Gasteiger partial charge in [0.1, 0.15) is 0 Å². The number of benzene rings is 1. The SMILES string of the molecule is CCc1cccc(CC)c1NC(=O)CN(C1CS(=O)(=O)CC1O)N(C)C. The van der Waals surface area contributed by atoms with Crippen molar-refractivity contribution in [3.63, 3.8) is 0 Å². The number of aliphatic hydroxyl groups excluding tert-OH is 1. The molecule has 0 saturated carbocycles. The fourth-order valence-electron chi connectivity index (χ4n) is 3.38. The Morgan fingerprint density at radius 1 is 1.19 bits per heavy atom. The number of nitrogens with zero attached hydrogens (tertiary/aromatic N) is 2. The van der Waals surface area contributed by atoms with Crippen molar-refractivity contribution in [2.75, 3.05) is 37.5 Å². The molecule has 2 rings (SSSR count). The van der Waals surface area contributed by atoms with Gasteiger partial charge in [-0.2, -0.15) is 0 Å². The van der Waals surface area contributed by atoms with Gasteiger partial charge >= 0.3 is 0 Å². The summed E-state index contributed by atoms with van der Waals surface area (Å²) in [5.41, 5.74) is 2.97. The molecule has 1 fully saturated rings. The van der Waals surface area contributed by atoms with Gasteiger partial charge in [0.25, 0.3) is 0 Å². The lowest BCUT2D eigenvalue weighted by atomic mass is 10.0. The maximum Gasteiger partial charge on any atom is 0.240 e. The highest BCUT2D eigenvalue weighted by atomic mass is 32.2. The van der Waals surface area contributed by atoms with Gasteiger partial charge in [-0.3, -0.25) is 4.79 Å². The van der Waals surface area contributed by atoms with Crippen molar-refractivity contribution in [3.05, 3.63) is 29.3 Å². The molecule has 1 aromatic carbocycles. The largest absolute Gasteiger partial charge is 0.390 e. The molecule has 0 radical (unpaired) electrons. The zero-order valence-electron chi connectivity index (χ0n) is 15.9. The fourth-order valence-corrected chi connectivity index (χ4v) is 5.17. The molecule has 0 aliphatic carbocycles. The highest BCUT2D eigenvalue weighted by Gasteiger charge is 2.41. The first-order valence-corrected chi connectivity index (χ1v) is 10.7. The van der Waals surface area contributed by atoms with Gasteiger partial charge in [-0.1, -0.05) is 32.0 Å². The van der Waals surface area contributed by atoms with E-state index in [1.165, 1.54) is 0 Å². The van der Waals surface area contributed by atoms with Gasteiger partial charge in [0.05, 0.1) is 30.2 Å². The Labute approximate surface area is 155 Å². The maximum atomic E-state index is 12.7. The number of aliphatic hydroxyl groups is 1. The van der Waals surface area contributed by atoms with E-state index in [2.05, 4.69) is 5.32 Å². The van der Waals surface area contributed by atoms with E-state index in [0.717, 1.165) is 29.7 Å². The number of carbonyl (C=O) groups is 1. The molecule has 1 amide bonds. The van der Waals surface area contributed by atoms with E-state index in [9.17, 15) is 18.3 Å². The Balaban J connectivity index is 2.17. The Bertz CT molecular complexity index is 727. The molecule has 2 unspecified atom stereocenters. The van der Waals surface area contributed by atoms with E-state index in [1.807, 2.05) is 32.0 Å². The number of nitrogens with one attached hydrogen (secondary N) is 1. The second-order valence-corrected chi connectivity index (χ2v) is 9.02. The number of hydrogen-bond donors (Lipinski definition) is 2. The first-order chi connectivity index (χ1) is 12.2. The number of anilines is 1. The molecular formula is C18H29N3O4S. The summed E-state index contributed by atoms with van der Waals surface area (Å²) in [6.07, 6.45) is 0.616. The van der Waals surface area contributed by atoms with E-state index in [4.69, 9.17) is 0 Å². The van der Waals surface area contributed by atoms with Crippen LogP contribution in [0.4, 0.5) is 5.69 Å². The van der Waals surface area contributed by atoms with Crippen LogP contribution in [0.5, 0.6) is 0 Å². The standard InChI is InChI=1S/C18H29N3O4S/c1-5-13-8-7-9-14(6-2)18(13)19-17(23)10-21(20(3)4)15-11-26(24,25)12-16(15)22/h7-9,15-16,22H,5-6,10-12H2,1-4H3,(H,19,23). The summed E-state index contributed by atoms with van der Waals surface area (Å²) < 4.78 is 23.6. The summed E-state index contributed by atoms with van der Waals surface area (Å²) >= 11 is 0. The predicted octanol–water partition coefficient (Wildman–Crippen LogP) is 0.686. The normalized spacial score (nSPS) is 22.1. The van der Waals surface area contributed by atoms with Crippen LogP contribution in [0.3, 0.4) is 0 Å². The number of hydrazine groups is 1. The van der Waals surface area contributed by atoms with Crippen LogP contribution in [-0.4, -0.2) is 73.7 Å². The number of amides is 1. The van der Waals surface area contributed by atoms with E-state index in [0.29, 0.717) is 0 Å². The van der Waals surface area contributed by atoms with E-state index in [-0.39, 0.29) is 24.0 Å². The van der Waals surface area contributed by atoms with E-state index >= 15 is 0 Å². The van der Waals surface area contributed by atoms with Crippen LogP contribution in [0.1, 0.15) is 25.0 Å². The first-order valence-electron chi connectivity index (χ1n) is 8.91. The van der Waals surface area contributed by atoms with Crippen LogP contribution in [0.2, 0.25) is 0 Å². The average molecular weight is 384 g/mol. The van der Waals surface area contributed by atoms with Crippen LogP contribution >= 0.6 is 0 Å². The van der Waals surface area contributed by atoms with Crippen molar-refractivity contribution in [2.45, 2.75) is 38.8 Å². The molecule has 0 spiro atoms. The molecule has 0 aromatic heterocycles. The van der Waals surface area contributed by atoms with Crippen molar-refractivity contribution >= 4 is 21.4 Å². The lowest BCUT2D eigenvalue weighted by Crippen LogP contribution is -2.53. The summed E-state index contributed by atoms with van der Waals surface area (Å²) in [6.45, 7) is 4.05. The number of sulfone groups is 1. The molecule has 1 aliphatic rings. The lowest BCUT2D eigenvalue weighted by molar-refractivity contribution is -0.125. The van der Waals surface area contributed by atoms with E-state index < -0.39 is 22.0 Å². The van der Waals surface area contributed by atoms with E-state index in [1.54, 1.807) is 24.1 Å². The smallest absolute Gasteiger partial charge is 0.240 e. The minimum Gasteiger partial charge on any atom is -0.390 e. The van der Waals surface area contributed by atoms with Crippen LogP contribution in [0.25, 0.3) is 0 Å². The average Bonchev–Trinajstić information content (AvgIpc) is 2.84. The Morgan fingerprint density at radius 3 is 2.19 bits per heavy atom. The lowest BCUT2D eigenvalue weighted by Gasteiger charge is -2.34.